The van der Waals surface area contributed by atoms with Crippen molar-refractivity contribution in [2.45, 2.75) is 25.7 Å². The first-order valence-corrected chi connectivity index (χ1v) is 12.8. The molecule has 0 atom stereocenters. The number of carbonyl (C=O) groups excluding carboxylic acids is 1. The van der Waals surface area contributed by atoms with Gasteiger partial charge in [-0.15, -0.1) is 0 Å². The molecule has 36 heavy (non-hydrogen) atoms. The number of anilines is 1. The molecule has 4 rings (SSSR count). The molecule has 0 amide bonds. The molecule has 0 spiro atoms. The zero-order valence-electron chi connectivity index (χ0n) is 20.8. The van der Waals surface area contributed by atoms with Gasteiger partial charge in [-0.3, -0.25) is 4.72 Å². The zero-order chi connectivity index (χ0) is 26.0. The summed E-state index contributed by atoms with van der Waals surface area (Å²) in [6, 6.07) is 17.0. The van der Waals surface area contributed by atoms with E-state index in [0.717, 1.165) is 16.8 Å². The molecule has 9 heteroatoms. The van der Waals surface area contributed by atoms with Crippen molar-refractivity contribution in [2.75, 3.05) is 25.5 Å². The summed E-state index contributed by atoms with van der Waals surface area (Å²) in [5.41, 5.74) is 3.82. The number of methoxy groups -OCH3 is 2. The fourth-order valence-corrected chi connectivity index (χ4v) is 5.32. The first-order chi connectivity index (χ1) is 17.2. The van der Waals surface area contributed by atoms with Crippen molar-refractivity contribution in [1.29, 1.82) is 0 Å². The Morgan fingerprint density at radius 1 is 0.917 bits per heavy atom. The molecule has 0 aliphatic heterocycles. The molecule has 8 nitrogen and oxygen atoms in total. The number of nitrogens with one attached hydrogen (secondary N) is 1. The van der Waals surface area contributed by atoms with Crippen LogP contribution in [0, 0.1) is 13.8 Å². The lowest BCUT2D eigenvalue weighted by Crippen LogP contribution is -2.13. The Balaban J connectivity index is 1.87. The normalized spacial score (nSPS) is 11.4. The van der Waals surface area contributed by atoms with E-state index in [1.807, 2.05) is 42.7 Å². The topological polar surface area (TPSA) is 95.9 Å². The third-order valence-electron chi connectivity index (χ3n) is 5.92. The molecule has 0 aliphatic rings. The van der Waals surface area contributed by atoms with Gasteiger partial charge in [-0.25, -0.2) is 13.2 Å². The predicted octanol–water partition coefficient (Wildman–Crippen LogP) is 5.24. The van der Waals surface area contributed by atoms with Crippen molar-refractivity contribution < 1.29 is 27.4 Å². The van der Waals surface area contributed by atoms with Crippen molar-refractivity contribution in [3.05, 3.63) is 77.5 Å². The predicted molar refractivity (Wildman–Crippen MR) is 139 cm³/mol. The van der Waals surface area contributed by atoms with Gasteiger partial charge in [0.2, 0.25) is 0 Å². The van der Waals surface area contributed by atoms with E-state index in [-0.39, 0.29) is 11.5 Å². The fraction of sp³-hybridized carbons (Fsp3) is 0.222. The first-order valence-electron chi connectivity index (χ1n) is 11.3. The van der Waals surface area contributed by atoms with Crippen LogP contribution in [0.4, 0.5) is 5.69 Å². The summed E-state index contributed by atoms with van der Waals surface area (Å²) in [6.45, 7) is 5.69. The highest BCUT2D eigenvalue weighted by Crippen LogP contribution is 2.35. The number of sulfonamides is 1. The van der Waals surface area contributed by atoms with Gasteiger partial charge in [-0.05, 0) is 87.0 Å². The van der Waals surface area contributed by atoms with Gasteiger partial charge in [-0.2, -0.15) is 0 Å². The average Bonchev–Trinajstić information content (AvgIpc) is 3.16. The van der Waals surface area contributed by atoms with Crippen LogP contribution in [0.25, 0.3) is 16.6 Å². The second kappa shape index (κ2) is 9.94. The summed E-state index contributed by atoms with van der Waals surface area (Å²) in [6.07, 6.45) is 0. The Morgan fingerprint density at radius 3 is 2.06 bits per heavy atom. The Hall–Kier alpha value is -3.98. The van der Waals surface area contributed by atoms with Crippen molar-refractivity contribution >= 4 is 32.6 Å². The number of hydrogen-bond acceptors (Lipinski definition) is 6. The van der Waals surface area contributed by atoms with E-state index >= 15 is 0 Å². The molecule has 188 valence electrons. The van der Waals surface area contributed by atoms with Gasteiger partial charge in [0.25, 0.3) is 10.0 Å². The van der Waals surface area contributed by atoms with Gasteiger partial charge < -0.3 is 18.8 Å². The van der Waals surface area contributed by atoms with Crippen LogP contribution in [0.1, 0.15) is 28.5 Å². The van der Waals surface area contributed by atoms with Crippen LogP contribution in [-0.2, 0) is 14.8 Å². The highest BCUT2D eigenvalue weighted by molar-refractivity contribution is 7.92. The van der Waals surface area contributed by atoms with Crippen molar-refractivity contribution in [1.82, 2.24) is 4.57 Å². The number of carbonyl (C=O) groups is 1. The molecule has 0 saturated carbocycles. The highest BCUT2D eigenvalue weighted by Gasteiger charge is 2.25. The maximum absolute atomic E-state index is 13.1. The average molecular weight is 509 g/mol. The van der Waals surface area contributed by atoms with Crippen LogP contribution in [0.15, 0.2) is 65.6 Å². The Bertz CT molecular complexity index is 1520. The monoisotopic (exact) mass is 508 g/mol. The van der Waals surface area contributed by atoms with Crippen LogP contribution < -0.4 is 14.2 Å². The maximum atomic E-state index is 13.1. The van der Waals surface area contributed by atoms with Crippen LogP contribution in [0.5, 0.6) is 11.5 Å². The van der Waals surface area contributed by atoms with E-state index in [9.17, 15) is 13.2 Å². The van der Waals surface area contributed by atoms with Gasteiger partial charge >= 0.3 is 5.97 Å². The number of hydrogen-bond donors (Lipinski definition) is 1. The highest BCUT2D eigenvalue weighted by atomic mass is 32.2. The number of fused-ring (bicyclic) bond motifs is 1. The number of aryl methyl sites for hydroxylation is 1. The molecule has 1 N–H and O–H groups in total. The van der Waals surface area contributed by atoms with Gasteiger partial charge in [0.15, 0.2) is 0 Å². The van der Waals surface area contributed by atoms with Crippen molar-refractivity contribution in [3.63, 3.8) is 0 Å². The third-order valence-corrected chi connectivity index (χ3v) is 7.32. The summed E-state index contributed by atoms with van der Waals surface area (Å²) < 4.78 is 46.5. The minimum atomic E-state index is -3.87. The quantitative estimate of drug-likeness (QED) is 0.327. The van der Waals surface area contributed by atoms with Crippen LogP contribution in [0.2, 0.25) is 0 Å². The summed E-state index contributed by atoms with van der Waals surface area (Å²) in [4.78, 5) is 13.1. The number of nitrogens with zero attached hydrogens (tertiary/aromatic N) is 1. The lowest BCUT2D eigenvalue weighted by Gasteiger charge is -2.13. The molecular weight excluding hydrogens is 480 g/mol. The smallest absolute Gasteiger partial charge is 0.340 e. The van der Waals surface area contributed by atoms with Crippen molar-refractivity contribution in [3.8, 4) is 17.2 Å². The third kappa shape index (κ3) is 4.61. The summed E-state index contributed by atoms with van der Waals surface area (Å²) >= 11 is 0. The Morgan fingerprint density at radius 2 is 1.50 bits per heavy atom. The molecule has 0 saturated heterocycles. The van der Waals surface area contributed by atoms with E-state index in [4.69, 9.17) is 14.2 Å². The molecule has 0 aliphatic carbocycles. The van der Waals surface area contributed by atoms with Gasteiger partial charge in [0.05, 0.1) is 36.8 Å². The molecule has 0 radical (unpaired) electrons. The van der Waals surface area contributed by atoms with Gasteiger partial charge in [0.1, 0.15) is 11.5 Å². The lowest BCUT2D eigenvalue weighted by atomic mass is 10.1. The molecule has 1 aromatic heterocycles. The minimum Gasteiger partial charge on any atom is -0.497 e. The molecule has 4 aromatic rings. The van der Waals surface area contributed by atoms with Crippen molar-refractivity contribution in [2.24, 2.45) is 0 Å². The van der Waals surface area contributed by atoms with Crippen LogP contribution in [0.3, 0.4) is 0 Å². The molecule has 1 heterocycles. The number of ether oxygens (including phenoxy) is 3. The molecule has 0 unspecified atom stereocenters. The number of aromatic nitrogens is 1. The maximum Gasteiger partial charge on any atom is 0.340 e. The largest absolute Gasteiger partial charge is 0.497 e. The second-order valence-corrected chi connectivity index (χ2v) is 9.87. The van der Waals surface area contributed by atoms with Gasteiger partial charge in [0, 0.05) is 22.5 Å². The SMILES string of the molecule is CCOC(=O)c1c(C)n(-c2ccc(OC)cc2)c2c(C)cc(NS(=O)(=O)c3ccc(OC)cc3)cc12. The van der Waals surface area contributed by atoms with Crippen LogP contribution >= 0.6 is 0 Å². The van der Waals surface area contributed by atoms with Crippen LogP contribution in [-0.4, -0.2) is 39.8 Å². The molecule has 0 fully saturated rings. The van der Waals surface area contributed by atoms with E-state index in [2.05, 4.69) is 4.72 Å². The standard InChI is InChI=1S/C27H28N2O6S/c1-6-35-27(30)25-18(3)29(20-7-9-21(33-4)10-8-20)26-17(2)15-19(16-24(25)26)28-36(31,32)23-13-11-22(34-5)12-14-23/h7-16,28H,6H2,1-5H3. The Labute approximate surface area is 210 Å². The number of rotatable bonds is 8. The summed E-state index contributed by atoms with van der Waals surface area (Å²) in [5, 5.41) is 0.592. The van der Waals surface area contributed by atoms with E-state index in [1.54, 1.807) is 38.3 Å². The number of benzene rings is 3. The zero-order valence-corrected chi connectivity index (χ0v) is 21.6. The summed E-state index contributed by atoms with van der Waals surface area (Å²) in [5.74, 6) is 0.799. The minimum absolute atomic E-state index is 0.0960. The van der Waals surface area contributed by atoms with E-state index < -0.39 is 16.0 Å². The van der Waals surface area contributed by atoms with E-state index in [1.165, 1.54) is 19.2 Å². The molecule has 0 bridgehead atoms. The van der Waals surface area contributed by atoms with Gasteiger partial charge in [-0.1, -0.05) is 0 Å². The molecule has 3 aromatic carbocycles. The molecular formula is C27H28N2O6S. The Kier molecular flexibility index (Phi) is 6.94. The number of esters is 1. The lowest BCUT2D eigenvalue weighted by molar-refractivity contribution is 0.0527. The van der Waals surface area contributed by atoms with E-state index in [0.29, 0.717) is 33.8 Å². The second-order valence-electron chi connectivity index (χ2n) is 8.18. The summed E-state index contributed by atoms with van der Waals surface area (Å²) in [7, 11) is -0.758. The first kappa shape index (κ1) is 25.1. The fourth-order valence-electron chi connectivity index (χ4n) is 4.28.